The molecular weight excluding hydrogens is 374 g/mol. The van der Waals surface area contributed by atoms with Gasteiger partial charge in [-0.1, -0.05) is 26.0 Å². The van der Waals surface area contributed by atoms with Gasteiger partial charge in [-0.2, -0.15) is 0 Å². The highest BCUT2D eigenvalue weighted by molar-refractivity contribution is 7.12. The van der Waals surface area contributed by atoms with Crippen LogP contribution >= 0.6 is 11.3 Å². The van der Waals surface area contributed by atoms with Gasteiger partial charge in [0.15, 0.2) is 5.06 Å². The molecule has 1 aromatic rings. The summed E-state index contributed by atoms with van der Waals surface area (Å²) in [6.07, 6.45) is 9.24. The van der Waals surface area contributed by atoms with Crippen molar-refractivity contribution in [3.05, 3.63) is 29.2 Å². The Kier molecular flexibility index (Phi) is 6.48. The van der Waals surface area contributed by atoms with Crippen molar-refractivity contribution in [2.75, 3.05) is 7.11 Å². The van der Waals surface area contributed by atoms with Crippen molar-refractivity contribution in [2.45, 2.75) is 58.4 Å². The molecule has 1 heterocycles. The number of unbranched alkanes of at least 4 members (excludes halogenated alkanes) is 1. The predicted molar refractivity (Wildman–Crippen MR) is 111 cm³/mol. The number of thiophene rings is 1. The lowest BCUT2D eigenvalue weighted by Crippen LogP contribution is -2.63. The Hall–Kier alpha value is -1.82. The average Bonchev–Trinajstić information content (AvgIpc) is 3.14. The maximum absolute atomic E-state index is 12.8. The second-order valence-electron chi connectivity index (χ2n) is 8.71. The molecule has 1 aromatic heterocycles. The minimum Gasteiger partial charge on any atom is -0.487 e. The number of hydrogen-bond acceptors (Lipinski definition) is 4. The molecule has 28 heavy (non-hydrogen) atoms. The van der Waals surface area contributed by atoms with Gasteiger partial charge in [0.2, 0.25) is 0 Å². The Bertz CT molecular complexity index is 739. The summed E-state index contributed by atoms with van der Waals surface area (Å²) in [5, 5.41) is 14.6. The molecule has 0 saturated heterocycles. The quantitative estimate of drug-likeness (QED) is 0.460. The fourth-order valence-electron chi connectivity index (χ4n) is 4.90. The zero-order valence-corrected chi connectivity index (χ0v) is 17.8. The van der Waals surface area contributed by atoms with E-state index in [1.54, 1.807) is 13.2 Å². The third kappa shape index (κ3) is 4.43. The Labute approximate surface area is 171 Å². The summed E-state index contributed by atoms with van der Waals surface area (Å²) in [7, 11) is 1.62. The maximum atomic E-state index is 12.8. The molecule has 4 rings (SSSR count). The Balaban J connectivity index is 1.61. The molecule has 3 fully saturated rings. The fraction of sp³-hybridized carbons (Fsp3) is 0.636. The van der Waals surface area contributed by atoms with Gasteiger partial charge in [-0.05, 0) is 55.3 Å². The highest BCUT2D eigenvalue weighted by atomic mass is 32.1. The lowest BCUT2D eigenvalue weighted by atomic mass is 9.44. The van der Waals surface area contributed by atoms with E-state index in [0.717, 1.165) is 30.2 Å². The number of allylic oxidation sites excluding steroid dienone is 2. The van der Waals surface area contributed by atoms with Crippen molar-refractivity contribution >= 4 is 23.2 Å². The molecule has 0 spiro atoms. The van der Waals surface area contributed by atoms with E-state index in [9.17, 15) is 9.59 Å². The molecule has 3 saturated carbocycles. The maximum Gasteiger partial charge on any atom is 0.303 e. The van der Waals surface area contributed by atoms with Gasteiger partial charge in [0.1, 0.15) is 0 Å². The zero-order chi connectivity index (χ0) is 20.3. The predicted octanol–water partition coefficient (Wildman–Crippen LogP) is 4.74. The average molecular weight is 406 g/mol. The molecule has 2 bridgehead atoms. The number of carboxylic acids is 1. The van der Waals surface area contributed by atoms with Crippen molar-refractivity contribution < 1.29 is 19.4 Å². The van der Waals surface area contributed by atoms with Gasteiger partial charge in [0.25, 0.3) is 5.91 Å². The summed E-state index contributed by atoms with van der Waals surface area (Å²) in [5.74, 6) is 0.937. The van der Waals surface area contributed by atoms with Crippen LogP contribution in [0.2, 0.25) is 0 Å². The summed E-state index contributed by atoms with van der Waals surface area (Å²) in [6.45, 7) is 4.66. The number of rotatable bonds is 9. The molecule has 2 N–H and O–H groups in total. The molecule has 0 aromatic carbocycles. The van der Waals surface area contributed by atoms with Gasteiger partial charge in [-0.3, -0.25) is 9.59 Å². The van der Waals surface area contributed by atoms with Gasteiger partial charge < -0.3 is 15.2 Å². The van der Waals surface area contributed by atoms with Crippen molar-refractivity contribution in [3.63, 3.8) is 0 Å². The molecule has 154 valence electrons. The number of amides is 1. The fourth-order valence-corrected chi connectivity index (χ4v) is 5.61. The summed E-state index contributed by atoms with van der Waals surface area (Å²) in [6, 6.07) is 1.98. The van der Waals surface area contributed by atoms with Crippen molar-refractivity contribution in [1.82, 2.24) is 5.32 Å². The van der Waals surface area contributed by atoms with Crippen LogP contribution in [0.1, 0.15) is 62.7 Å². The second kappa shape index (κ2) is 8.68. The van der Waals surface area contributed by atoms with Crippen LogP contribution < -0.4 is 10.1 Å². The van der Waals surface area contributed by atoms with Crippen LogP contribution in [0, 0.1) is 23.2 Å². The van der Waals surface area contributed by atoms with Gasteiger partial charge in [-0.15, -0.1) is 11.3 Å². The molecule has 0 aliphatic heterocycles. The summed E-state index contributed by atoms with van der Waals surface area (Å²) in [5.41, 5.74) is 0.954. The van der Waals surface area contributed by atoms with Crippen LogP contribution in [-0.2, 0) is 4.79 Å². The molecule has 3 aliphatic rings. The number of fused-ring (bicyclic) bond motifs is 2. The highest BCUT2D eigenvalue weighted by Gasteiger charge is 2.57. The van der Waals surface area contributed by atoms with Gasteiger partial charge in [-0.25, -0.2) is 0 Å². The molecule has 0 radical (unpaired) electrons. The van der Waals surface area contributed by atoms with E-state index in [-0.39, 0.29) is 23.8 Å². The van der Waals surface area contributed by atoms with E-state index >= 15 is 0 Å². The number of hydrogen-bond donors (Lipinski definition) is 2. The SMILES string of the molecule is COc1cc(C(=O)N[C@@H]2[C@@H](C/C=C\CCCC(=O)O)C[C@H]3C[C@@H]2C3(C)C)cs1. The molecule has 4 atom stereocenters. The van der Waals surface area contributed by atoms with Gasteiger partial charge >= 0.3 is 5.97 Å². The van der Waals surface area contributed by atoms with Crippen LogP contribution in [0.4, 0.5) is 0 Å². The topological polar surface area (TPSA) is 75.6 Å². The molecule has 3 aliphatic carbocycles. The smallest absolute Gasteiger partial charge is 0.303 e. The van der Waals surface area contributed by atoms with E-state index in [1.807, 2.05) is 5.38 Å². The van der Waals surface area contributed by atoms with Gasteiger partial charge in [0, 0.05) is 23.9 Å². The number of ether oxygens (including phenoxy) is 1. The zero-order valence-electron chi connectivity index (χ0n) is 16.9. The first-order chi connectivity index (χ1) is 13.3. The number of nitrogens with one attached hydrogen (secondary N) is 1. The van der Waals surface area contributed by atoms with Crippen LogP contribution in [-0.4, -0.2) is 30.1 Å². The second-order valence-corrected chi connectivity index (χ2v) is 9.58. The van der Waals surface area contributed by atoms with Crippen molar-refractivity contribution in [3.8, 4) is 5.06 Å². The first-order valence-electron chi connectivity index (χ1n) is 10.1. The minimum atomic E-state index is -0.740. The standard InChI is InChI=1S/C22H31NO4S/c1-22(2)16-10-14(8-6-4-5-7-9-18(24)25)20(17(22)12-16)23-21(26)15-11-19(27-3)28-13-15/h4,6,11,13-14,16-17,20H,5,7-10,12H2,1-3H3,(H,23,26)(H,24,25)/b6-4-/t14-,16-,17-,20+/m0/s1. The first kappa shape index (κ1) is 20.9. The summed E-state index contributed by atoms with van der Waals surface area (Å²) >= 11 is 1.44. The number of carbonyl (C=O) groups excluding carboxylic acids is 1. The first-order valence-corrected chi connectivity index (χ1v) is 11.0. The van der Waals surface area contributed by atoms with Gasteiger partial charge in [0.05, 0.1) is 12.7 Å². The van der Waals surface area contributed by atoms with E-state index in [4.69, 9.17) is 9.84 Å². The third-order valence-electron chi connectivity index (χ3n) is 6.78. The number of carbonyl (C=O) groups is 2. The highest BCUT2D eigenvalue weighted by Crippen LogP contribution is 2.61. The minimum absolute atomic E-state index is 0.0128. The van der Waals surface area contributed by atoms with E-state index in [2.05, 4.69) is 31.3 Å². The third-order valence-corrected chi connectivity index (χ3v) is 7.67. The van der Waals surface area contributed by atoms with Crippen LogP contribution in [0.5, 0.6) is 5.06 Å². The Morgan fingerprint density at radius 3 is 2.79 bits per heavy atom. The van der Waals surface area contributed by atoms with Crippen LogP contribution in [0.15, 0.2) is 23.6 Å². The normalized spacial score (nSPS) is 28.0. The van der Waals surface area contributed by atoms with E-state index < -0.39 is 5.97 Å². The van der Waals surface area contributed by atoms with E-state index in [1.165, 1.54) is 17.8 Å². The molecular formula is C22H31NO4S. The molecule has 6 heteroatoms. The number of aliphatic carboxylic acids is 1. The molecule has 1 amide bonds. The lowest BCUT2D eigenvalue weighted by Gasteiger charge is -2.62. The molecule has 5 nitrogen and oxygen atoms in total. The van der Waals surface area contributed by atoms with Crippen molar-refractivity contribution in [1.29, 1.82) is 0 Å². The Morgan fingerprint density at radius 1 is 1.36 bits per heavy atom. The Morgan fingerprint density at radius 2 is 2.14 bits per heavy atom. The van der Waals surface area contributed by atoms with E-state index in [0.29, 0.717) is 23.8 Å². The lowest BCUT2D eigenvalue weighted by molar-refractivity contribution is -0.137. The largest absolute Gasteiger partial charge is 0.487 e. The number of methoxy groups -OCH3 is 1. The van der Waals surface area contributed by atoms with Crippen LogP contribution in [0.3, 0.4) is 0 Å². The molecule has 0 unspecified atom stereocenters. The number of carboxylic acid groups (broad SMARTS) is 1. The van der Waals surface area contributed by atoms with Crippen LogP contribution in [0.25, 0.3) is 0 Å². The summed E-state index contributed by atoms with van der Waals surface area (Å²) in [4.78, 5) is 23.4. The van der Waals surface area contributed by atoms with Crippen molar-refractivity contribution in [2.24, 2.45) is 23.2 Å². The summed E-state index contributed by atoms with van der Waals surface area (Å²) < 4.78 is 5.21. The monoisotopic (exact) mass is 405 g/mol.